The number of hydrogen-bond donors (Lipinski definition) is 0. The summed E-state index contributed by atoms with van der Waals surface area (Å²) in [5, 5.41) is 0. The molecule has 0 radical (unpaired) electrons. The molecule has 0 N–H and O–H groups in total. The summed E-state index contributed by atoms with van der Waals surface area (Å²) in [5.74, 6) is -0.877. The number of likely N-dealkylation sites (tertiary alicyclic amines) is 2. The van der Waals surface area contributed by atoms with Crippen LogP contribution < -0.4 is 0 Å². The van der Waals surface area contributed by atoms with Crippen LogP contribution in [0.1, 0.15) is 28.8 Å². The minimum Gasteiger partial charge on any atom is -0.334 e. The first kappa shape index (κ1) is 15.5. The van der Waals surface area contributed by atoms with Gasteiger partial charge in [-0.1, -0.05) is 0 Å². The number of hydrogen-bond acceptors (Lipinski definition) is 3. The summed E-state index contributed by atoms with van der Waals surface area (Å²) >= 11 is 0. The van der Waals surface area contributed by atoms with Gasteiger partial charge in [0.25, 0.3) is 5.91 Å². The van der Waals surface area contributed by atoms with Crippen molar-refractivity contribution in [2.75, 3.05) is 13.1 Å². The number of halogens is 3. The Bertz CT molecular complexity index is 648. The molecule has 3 amide bonds. The summed E-state index contributed by atoms with van der Waals surface area (Å²) in [6.07, 6.45) is -4.05. The van der Waals surface area contributed by atoms with Crippen LogP contribution in [0.25, 0.3) is 0 Å². The Balaban J connectivity index is 1.63. The molecular weight excluding hydrogens is 313 g/mol. The van der Waals surface area contributed by atoms with Crippen molar-refractivity contribution in [3.05, 3.63) is 35.4 Å². The normalized spacial score (nSPS) is 19.3. The van der Waals surface area contributed by atoms with Gasteiger partial charge < -0.3 is 4.90 Å². The molecule has 1 aromatic carbocycles. The highest BCUT2D eigenvalue weighted by Crippen LogP contribution is 2.30. The van der Waals surface area contributed by atoms with Crippen LogP contribution >= 0.6 is 0 Å². The molecule has 0 unspecified atom stereocenters. The number of imide groups is 1. The topological polar surface area (TPSA) is 57.7 Å². The highest BCUT2D eigenvalue weighted by atomic mass is 19.4. The minimum absolute atomic E-state index is 0.149. The predicted octanol–water partition coefficient (Wildman–Crippen LogP) is 1.68. The fourth-order valence-electron chi connectivity index (χ4n) is 2.77. The molecule has 0 aliphatic carbocycles. The van der Waals surface area contributed by atoms with Crippen molar-refractivity contribution in [3.8, 4) is 0 Å². The van der Waals surface area contributed by atoms with E-state index in [-0.39, 0.29) is 49.4 Å². The van der Waals surface area contributed by atoms with Crippen LogP contribution in [-0.4, -0.2) is 46.7 Å². The zero-order chi connectivity index (χ0) is 16.8. The highest BCUT2D eigenvalue weighted by Gasteiger charge is 2.43. The van der Waals surface area contributed by atoms with Gasteiger partial charge in [0, 0.05) is 31.5 Å². The molecule has 0 saturated carbocycles. The third-order valence-corrected chi connectivity index (χ3v) is 4.06. The Morgan fingerprint density at radius 2 is 1.52 bits per heavy atom. The maximum absolute atomic E-state index is 12.5. The minimum atomic E-state index is -4.44. The molecule has 2 saturated heterocycles. The molecule has 0 atom stereocenters. The molecule has 2 fully saturated rings. The van der Waals surface area contributed by atoms with E-state index >= 15 is 0 Å². The van der Waals surface area contributed by atoms with Gasteiger partial charge >= 0.3 is 6.18 Å². The molecule has 0 spiro atoms. The van der Waals surface area contributed by atoms with Gasteiger partial charge in [-0.05, 0) is 24.3 Å². The van der Waals surface area contributed by atoms with Crippen molar-refractivity contribution in [1.29, 1.82) is 0 Å². The smallest absolute Gasteiger partial charge is 0.334 e. The summed E-state index contributed by atoms with van der Waals surface area (Å²) in [4.78, 5) is 38.0. The van der Waals surface area contributed by atoms with E-state index in [4.69, 9.17) is 0 Å². The SMILES string of the molecule is O=C(c1ccc(C(F)(F)F)cc1)N1CC(N2C(=O)CCC2=O)C1. The van der Waals surface area contributed by atoms with Crippen LogP contribution in [0, 0.1) is 0 Å². The standard InChI is InChI=1S/C15H13F3N2O3/c16-15(17,18)10-3-1-9(2-4-10)14(23)19-7-11(8-19)20-12(21)5-6-13(20)22/h1-4,11H,5-8H2. The van der Waals surface area contributed by atoms with Crippen LogP contribution in [0.15, 0.2) is 24.3 Å². The first-order valence-corrected chi connectivity index (χ1v) is 7.09. The van der Waals surface area contributed by atoms with Gasteiger partial charge in [-0.2, -0.15) is 13.2 Å². The van der Waals surface area contributed by atoms with E-state index in [0.29, 0.717) is 0 Å². The van der Waals surface area contributed by atoms with E-state index in [1.807, 2.05) is 0 Å². The lowest BCUT2D eigenvalue weighted by molar-refractivity contribution is -0.144. The van der Waals surface area contributed by atoms with Gasteiger partial charge in [-0.3, -0.25) is 19.3 Å². The summed E-state index contributed by atoms with van der Waals surface area (Å²) in [5.41, 5.74) is -0.667. The second kappa shape index (κ2) is 5.36. The fraction of sp³-hybridized carbons (Fsp3) is 0.400. The number of carbonyl (C=O) groups is 3. The Labute approximate surface area is 129 Å². The zero-order valence-electron chi connectivity index (χ0n) is 12.0. The third kappa shape index (κ3) is 2.80. The van der Waals surface area contributed by atoms with Crippen molar-refractivity contribution in [1.82, 2.24) is 9.80 Å². The zero-order valence-corrected chi connectivity index (χ0v) is 12.0. The summed E-state index contributed by atoms with van der Waals surface area (Å²) < 4.78 is 37.5. The van der Waals surface area contributed by atoms with Crippen LogP contribution in [0.3, 0.4) is 0 Å². The van der Waals surface area contributed by atoms with Crippen LogP contribution in [0.5, 0.6) is 0 Å². The monoisotopic (exact) mass is 326 g/mol. The van der Waals surface area contributed by atoms with Gasteiger partial charge in [-0.25, -0.2) is 0 Å². The van der Waals surface area contributed by atoms with Gasteiger partial charge in [0.05, 0.1) is 11.6 Å². The second-order valence-electron chi connectivity index (χ2n) is 5.60. The average Bonchev–Trinajstić information content (AvgIpc) is 2.77. The number of carbonyl (C=O) groups excluding carboxylic acids is 3. The Morgan fingerprint density at radius 1 is 1.00 bits per heavy atom. The van der Waals surface area contributed by atoms with Gasteiger partial charge in [0.15, 0.2) is 0 Å². The molecule has 2 aliphatic heterocycles. The highest BCUT2D eigenvalue weighted by molar-refractivity contribution is 6.03. The van der Waals surface area contributed by atoms with E-state index < -0.39 is 17.6 Å². The maximum atomic E-state index is 12.5. The number of alkyl halides is 3. The Morgan fingerprint density at radius 3 is 2.00 bits per heavy atom. The first-order valence-electron chi connectivity index (χ1n) is 7.09. The van der Waals surface area contributed by atoms with E-state index in [1.165, 1.54) is 9.80 Å². The molecule has 2 heterocycles. The largest absolute Gasteiger partial charge is 0.416 e. The van der Waals surface area contributed by atoms with Gasteiger partial charge in [0.1, 0.15) is 0 Å². The van der Waals surface area contributed by atoms with E-state index in [1.54, 1.807) is 0 Å². The van der Waals surface area contributed by atoms with Crippen LogP contribution in [-0.2, 0) is 15.8 Å². The van der Waals surface area contributed by atoms with Crippen molar-refractivity contribution in [2.45, 2.75) is 25.1 Å². The summed E-state index contributed by atoms with van der Waals surface area (Å²) in [6.45, 7) is 0.439. The number of amides is 3. The molecule has 122 valence electrons. The maximum Gasteiger partial charge on any atom is 0.416 e. The van der Waals surface area contributed by atoms with Crippen molar-refractivity contribution in [2.24, 2.45) is 0 Å². The van der Waals surface area contributed by atoms with E-state index in [9.17, 15) is 27.6 Å². The second-order valence-corrected chi connectivity index (χ2v) is 5.60. The van der Waals surface area contributed by atoms with Crippen molar-refractivity contribution in [3.63, 3.8) is 0 Å². The van der Waals surface area contributed by atoms with Gasteiger partial charge in [-0.15, -0.1) is 0 Å². The molecule has 23 heavy (non-hydrogen) atoms. The fourth-order valence-corrected chi connectivity index (χ4v) is 2.77. The summed E-state index contributed by atoms with van der Waals surface area (Å²) in [6, 6.07) is 3.65. The predicted molar refractivity (Wildman–Crippen MR) is 72.2 cm³/mol. The Kier molecular flexibility index (Phi) is 3.62. The average molecular weight is 326 g/mol. The molecule has 8 heteroatoms. The number of rotatable bonds is 2. The lowest BCUT2D eigenvalue weighted by Gasteiger charge is -2.43. The lowest BCUT2D eigenvalue weighted by Crippen LogP contribution is -2.62. The molecule has 0 aromatic heterocycles. The van der Waals surface area contributed by atoms with Crippen molar-refractivity contribution >= 4 is 17.7 Å². The van der Waals surface area contributed by atoms with Crippen molar-refractivity contribution < 1.29 is 27.6 Å². The number of nitrogens with zero attached hydrogens (tertiary/aromatic N) is 2. The molecule has 0 bridgehead atoms. The number of benzene rings is 1. The molecule has 2 aliphatic rings. The van der Waals surface area contributed by atoms with Gasteiger partial charge in [0.2, 0.25) is 11.8 Å². The van der Waals surface area contributed by atoms with Crippen LogP contribution in [0.2, 0.25) is 0 Å². The van der Waals surface area contributed by atoms with E-state index in [0.717, 1.165) is 24.3 Å². The molecule has 3 rings (SSSR count). The molecule has 5 nitrogen and oxygen atoms in total. The molecule has 1 aromatic rings. The first-order chi connectivity index (χ1) is 10.8. The Hall–Kier alpha value is -2.38. The molecular formula is C15H13F3N2O3. The lowest BCUT2D eigenvalue weighted by atomic mass is 10.0. The quantitative estimate of drug-likeness (QED) is 0.777. The summed E-state index contributed by atoms with van der Waals surface area (Å²) in [7, 11) is 0. The third-order valence-electron chi connectivity index (χ3n) is 4.06. The van der Waals surface area contributed by atoms with Crippen LogP contribution in [0.4, 0.5) is 13.2 Å². The van der Waals surface area contributed by atoms with E-state index in [2.05, 4.69) is 0 Å².